The molecule has 1 amide bonds. The van der Waals surface area contributed by atoms with Gasteiger partial charge in [-0.1, -0.05) is 12.0 Å². The van der Waals surface area contributed by atoms with Crippen LogP contribution in [0.5, 0.6) is 5.75 Å². The van der Waals surface area contributed by atoms with Gasteiger partial charge in [-0.25, -0.2) is 22.0 Å². The number of halogens is 6. The number of terminal acetylenes is 1. The van der Waals surface area contributed by atoms with E-state index in [9.17, 15) is 26.7 Å². The molecule has 0 saturated heterocycles. The van der Waals surface area contributed by atoms with Crippen molar-refractivity contribution in [1.29, 1.82) is 0 Å². The summed E-state index contributed by atoms with van der Waals surface area (Å²) in [4.78, 5) is 12.6. The van der Waals surface area contributed by atoms with E-state index in [1.54, 1.807) is 18.2 Å². The number of carbonyl (C=O) groups excluding carboxylic acids is 1. The summed E-state index contributed by atoms with van der Waals surface area (Å²) in [7, 11) is 0. The monoisotopic (exact) mass is 532 g/mol. The number of anilines is 1. The maximum atomic E-state index is 14.1. The van der Waals surface area contributed by atoms with Crippen molar-refractivity contribution in [3.05, 3.63) is 62.0 Å². The van der Waals surface area contributed by atoms with Crippen LogP contribution in [0.1, 0.15) is 12.5 Å². The van der Waals surface area contributed by atoms with E-state index in [-0.39, 0.29) is 22.9 Å². The van der Waals surface area contributed by atoms with Crippen molar-refractivity contribution in [3.63, 3.8) is 0 Å². The first kappa shape index (κ1) is 21.8. The van der Waals surface area contributed by atoms with Gasteiger partial charge in [0, 0.05) is 0 Å². The van der Waals surface area contributed by atoms with Crippen molar-refractivity contribution >= 4 is 46.0 Å². The average Bonchev–Trinajstić information content (AvgIpc) is 2.98. The van der Waals surface area contributed by atoms with Crippen molar-refractivity contribution in [2.45, 2.75) is 6.92 Å². The molecule has 2 aromatic rings. The summed E-state index contributed by atoms with van der Waals surface area (Å²) in [5, 5.41) is 3.84. The Bertz CT molecular complexity index is 1140. The van der Waals surface area contributed by atoms with E-state index in [1.807, 2.05) is 22.6 Å². The third-order valence-corrected chi connectivity index (χ3v) is 4.88. The van der Waals surface area contributed by atoms with E-state index in [1.165, 1.54) is 13.0 Å². The molecule has 0 spiro atoms. The molecule has 10 heteroatoms. The summed E-state index contributed by atoms with van der Waals surface area (Å²) in [5.74, 6) is -9.16. The molecule has 1 aliphatic heterocycles. The Balaban J connectivity index is 2.00. The minimum atomic E-state index is -2.32. The molecule has 1 heterocycles. The highest BCUT2D eigenvalue weighted by molar-refractivity contribution is 14.1. The van der Waals surface area contributed by atoms with Gasteiger partial charge in [-0.05, 0) is 53.3 Å². The van der Waals surface area contributed by atoms with Gasteiger partial charge in [-0.2, -0.15) is 10.1 Å². The normalized spacial score (nSPS) is 14.9. The van der Waals surface area contributed by atoms with Crippen LogP contribution in [0.2, 0.25) is 0 Å². The molecule has 154 valence electrons. The van der Waals surface area contributed by atoms with Crippen LogP contribution in [0.4, 0.5) is 27.6 Å². The maximum Gasteiger partial charge on any atom is 0.280 e. The molecule has 0 radical (unpaired) electrons. The zero-order valence-corrected chi connectivity index (χ0v) is 17.2. The Labute approximate surface area is 181 Å². The highest BCUT2D eigenvalue weighted by atomic mass is 127. The minimum absolute atomic E-state index is 0.0339. The second-order valence-electron chi connectivity index (χ2n) is 5.96. The van der Waals surface area contributed by atoms with Gasteiger partial charge in [0.1, 0.15) is 18.0 Å². The third-order valence-electron chi connectivity index (χ3n) is 4.04. The van der Waals surface area contributed by atoms with Crippen LogP contribution in [-0.4, -0.2) is 18.2 Å². The van der Waals surface area contributed by atoms with E-state index >= 15 is 0 Å². The first-order valence-electron chi connectivity index (χ1n) is 8.16. The van der Waals surface area contributed by atoms with Crippen molar-refractivity contribution < 1.29 is 31.5 Å². The summed E-state index contributed by atoms with van der Waals surface area (Å²) >= 11 is 1.99. The molecule has 30 heavy (non-hydrogen) atoms. The van der Waals surface area contributed by atoms with Crippen molar-refractivity contribution in [2.24, 2.45) is 5.10 Å². The standard InChI is InChI=1S/C20H10F5IN2O2/c1-3-6-30-13-5-4-10(8-12(13)26)7-11-9(2)27-28(20(11)29)19-17(24)15(22)14(21)16(23)18(19)25/h1,4-5,7-8H,6H2,2H3/b11-7+. The fraction of sp³-hybridized carbons (Fsp3) is 0.100. The number of carbonyl (C=O) groups is 1. The Morgan fingerprint density at radius 2 is 1.73 bits per heavy atom. The second-order valence-corrected chi connectivity index (χ2v) is 7.12. The molecule has 2 aromatic carbocycles. The topological polar surface area (TPSA) is 41.9 Å². The Hall–Kier alpha value is -2.94. The molecular weight excluding hydrogens is 522 g/mol. The average molecular weight is 532 g/mol. The van der Waals surface area contributed by atoms with Gasteiger partial charge in [0.15, 0.2) is 23.3 Å². The lowest BCUT2D eigenvalue weighted by Gasteiger charge is -2.15. The fourth-order valence-corrected chi connectivity index (χ4v) is 3.32. The molecule has 0 N–H and O–H groups in total. The number of hydrazone groups is 1. The number of rotatable bonds is 4. The van der Waals surface area contributed by atoms with Gasteiger partial charge in [0.05, 0.1) is 14.9 Å². The first-order chi connectivity index (χ1) is 14.2. The van der Waals surface area contributed by atoms with Gasteiger partial charge in [0.2, 0.25) is 5.82 Å². The zero-order chi connectivity index (χ0) is 22.2. The molecule has 4 nitrogen and oxygen atoms in total. The molecule has 0 saturated carbocycles. The van der Waals surface area contributed by atoms with E-state index in [2.05, 4.69) is 11.0 Å². The predicted octanol–water partition coefficient (Wildman–Crippen LogP) is 4.80. The maximum absolute atomic E-state index is 14.1. The lowest BCUT2D eigenvalue weighted by Crippen LogP contribution is -2.25. The zero-order valence-electron chi connectivity index (χ0n) is 15.1. The Kier molecular flexibility index (Phi) is 6.12. The molecule has 0 unspecified atom stereocenters. The summed E-state index contributed by atoms with van der Waals surface area (Å²) in [5.41, 5.74) is -0.963. The Morgan fingerprint density at radius 1 is 1.13 bits per heavy atom. The second kappa shape index (κ2) is 8.43. The number of hydrogen-bond donors (Lipinski definition) is 0. The SMILES string of the molecule is C#CCOc1ccc(/C=C2/C(=O)N(c3c(F)c(F)c(F)c(F)c3F)N=C2C)cc1I. The molecular formula is C20H10F5IN2O2. The van der Waals surface area contributed by atoms with Crippen LogP contribution >= 0.6 is 22.6 Å². The molecule has 0 aromatic heterocycles. The van der Waals surface area contributed by atoms with Crippen LogP contribution in [0.15, 0.2) is 28.9 Å². The largest absolute Gasteiger partial charge is 0.480 e. The fourth-order valence-electron chi connectivity index (χ4n) is 2.63. The lowest BCUT2D eigenvalue weighted by molar-refractivity contribution is -0.114. The van der Waals surface area contributed by atoms with E-state index < -0.39 is 40.7 Å². The summed E-state index contributed by atoms with van der Waals surface area (Å²) < 4.78 is 74.5. The van der Waals surface area contributed by atoms with E-state index in [0.29, 0.717) is 14.9 Å². The van der Waals surface area contributed by atoms with Crippen LogP contribution in [-0.2, 0) is 4.79 Å². The number of benzene rings is 2. The molecule has 0 aliphatic carbocycles. The van der Waals surface area contributed by atoms with Crippen LogP contribution in [0, 0.1) is 45.0 Å². The number of hydrogen-bond acceptors (Lipinski definition) is 3. The van der Waals surface area contributed by atoms with Gasteiger partial charge in [-0.15, -0.1) is 6.42 Å². The van der Waals surface area contributed by atoms with E-state index in [4.69, 9.17) is 11.2 Å². The van der Waals surface area contributed by atoms with Gasteiger partial charge < -0.3 is 4.74 Å². The predicted molar refractivity (Wildman–Crippen MR) is 108 cm³/mol. The van der Waals surface area contributed by atoms with Gasteiger partial charge in [-0.3, -0.25) is 4.79 Å². The van der Waals surface area contributed by atoms with Crippen molar-refractivity contribution in [3.8, 4) is 18.1 Å². The van der Waals surface area contributed by atoms with Crippen LogP contribution in [0.3, 0.4) is 0 Å². The summed E-state index contributed by atoms with van der Waals surface area (Å²) in [6.07, 6.45) is 6.52. The highest BCUT2D eigenvalue weighted by Gasteiger charge is 2.37. The molecule has 0 atom stereocenters. The van der Waals surface area contributed by atoms with E-state index in [0.717, 1.165) is 0 Å². The minimum Gasteiger partial charge on any atom is -0.480 e. The number of nitrogens with zero attached hydrogens (tertiary/aromatic N) is 2. The van der Waals surface area contributed by atoms with Gasteiger partial charge in [0.25, 0.3) is 5.91 Å². The van der Waals surface area contributed by atoms with Crippen molar-refractivity contribution in [1.82, 2.24) is 0 Å². The summed E-state index contributed by atoms with van der Waals surface area (Å²) in [6.45, 7) is 1.43. The Morgan fingerprint density at radius 3 is 2.30 bits per heavy atom. The molecule has 0 fully saturated rings. The first-order valence-corrected chi connectivity index (χ1v) is 9.24. The summed E-state index contributed by atoms with van der Waals surface area (Å²) in [6, 6.07) is 4.86. The number of amides is 1. The van der Waals surface area contributed by atoms with Crippen molar-refractivity contribution in [2.75, 3.05) is 11.6 Å². The molecule has 0 bridgehead atoms. The molecule has 1 aliphatic rings. The molecule has 3 rings (SSSR count). The lowest BCUT2D eigenvalue weighted by atomic mass is 10.1. The van der Waals surface area contributed by atoms with Crippen LogP contribution in [0.25, 0.3) is 6.08 Å². The smallest absolute Gasteiger partial charge is 0.280 e. The van der Waals surface area contributed by atoms with Gasteiger partial charge >= 0.3 is 0 Å². The third kappa shape index (κ3) is 3.77. The quantitative estimate of drug-likeness (QED) is 0.142. The van der Waals surface area contributed by atoms with Crippen LogP contribution < -0.4 is 9.75 Å². The highest BCUT2D eigenvalue weighted by Crippen LogP contribution is 2.34. The number of ether oxygens (including phenoxy) is 1.